The Morgan fingerprint density at radius 1 is 1.07 bits per heavy atom. The molecule has 154 valence electrons. The summed E-state index contributed by atoms with van der Waals surface area (Å²) in [4.78, 5) is 7.48. The van der Waals surface area contributed by atoms with Gasteiger partial charge in [-0.2, -0.15) is 0 Å². The Bertz CT molecular complexity index is 1190. The highest BCUT2D eigenvalue weighted by molar-refractivity contribution is 6.33. The molecule has 0 amide bonds. The number of aliphatic hydroxyl groups is 1. The molecule has 0 aliphatic heterocycles. The van der Waals surface area contributed by atoms with E-state index in [9.17, 15) is 5.11 Å². The van der Waals surface area contributed by atoms with Crippen molar-refractivity contribution in [3.8, 4) is 0 Å². The van der Waals surface area contributed by atoms with E-state index < -0.39 is 0 Å². The third kappa shape index (κ3) is 4.27. The lowest BCUT2D eigenvalue weighted by atomic mass is 10.1. The number of hydrogen-bond donors (Lipinski definition) is 4. The molecule has 4 rings (SSSR count). The number of anilines is 3. The molecule has 0 aliphatic rings. The number of aromatic nitrogens is 2. The van der Waals surface area contributed by atoms with Crippen LogP contribution in [0, 0.1) is 13.8 Å². The maximum absolute atomic E-state index is 9.26. The molecule has 0 radical (unpaired) electrons. The molecular weight excluding hydrogens is 396 g/mol. The Labute approximate surface area is 181 Å². The number of aryl methyl sites for hydroxylation is 2. The van der Waals surface area contributed by atoms with Crippen LogP contribution in [0.5, 0.6) is 0 Å². The van der Waals surface area contributed by atoms with Crippen molar-refractivity contribution in [3.63, 3.8) is 0 Å². The van der Waals surface area contributed by atoms with Crippen LogP contribution >= 0.6 is 11.6 Å². The molecular formula is C24H25ClN4O. The third-order valence-electron chi connectivity index (χ3n) is 5.29. The average Bonchev–Trinajstić information content (AvgIpc) is 3.16. The number of hydrogen-bond acceptors (Lipinski definition) is 4. The van der Waals surface area contributed by atoms with Crippen LogP contribution < -0.4 is 10.6 Å². The second-order valence-corrected chi connectivity index (χ2v) is 7.86. The summed E-state index contributed by atoms with van der Waals surface area (Å²) in [5.74, 6) is 0. The summed E-state index contributed by atoms with van der Waals surface area (Å²) in [7, 11) is 0. The van der Waals surface area contributed by atoms with Crippen molar-refractivity contribution in [1.29, 1.82) is 0 Å². The first-order valence-electron chi connectivity index (χ1n) is 9.97. The van der Waals surface area contributed by atoms with Crippen molar-refractivity contribution in [2.75, 3.05) is 17.2 Å². The Hall–Kier alpha value is -3.02. The van der Waals surface area contributed by atoms with Crippen molar-refractivity contribution in [2.45, 2.75) is 26.9 Å². The zero-order valence-electron chi connectivity index (χ0n) is 17.1. The number of para-hydroxylation sites is 1. The van der Waals surface area contributed by atoms with Crippen LogP contribution in [-0.2, 0) is 13.0 Å². The summed E-state index contributed by atoms with van der Waals surface area (Å²) in [6.07, 6.45) is 4.68. The van der Waals surface area contributed by atoms with Crippen molar-refractivity contribution >= 4 is 39.6 Å². The summed E-state index contributed by atoms with van der Waals surface area (Å²) in [5, 5.41) is 18.0. The van der Waals surface area contributed by atoms with Gasteiger partial charge in [0.1, 0.15) is 0 Å². The van der Waals surface area contributed by atoms with Crippen LogP contribution in [0.4, 0.5) is 17.1 Å². The van der Waals surface area contributed by atoms with Crippen LogP contribution in [0.15, 0.2) is 54.9 Å². The van der Waals surface area contributed by atoms with Gasteiger partial charge in [-0.3, -0.25) is 4.98 Å². The van der Waals surface area contributed by atoms with Gasteiger partial charge in [0, 0.05) is 41.2 Å². The highest BCUT2D eigenvalue weighted by Crippen LogP contribution is 2.31. The van der Waals surface area contributed by atoms with E-state index in [1.54, 1.807) is 12.3 Å². The Balaban J connectivity index is 1.44. The predicted octanol–water partition coefficient (Wildman–Crippen LogP) is 5.72. The molecule has 0 bridgehead atoms. The second-order valence-electron chi connectivity index (χ2n) is 7.45. The summed E-state index contributed by atoms with van der Waals surface area (Å²) >= 11 is 6.53. The first-order chi connectivity index (χ1) is 14.5. The van der Waals surface area contributed by atoms with E-state index in [-0.39, 0.29) is 6.61 Å². The molecule has 0 fully saturated rings. The fraction of sp³-hybridized carbons (Fsp3) is 0.208. The third-order valence-corrected chi connectivity index (χ3v) is 5.60. The molecule has 0 spiro atoms. The maximum atomic E-state index is 9.26. The smallest absolute Gasteiger partial charge is 0.0853 e. The molecule has 0 unspecified atom stereocenters. The van der Waals surface area contributed by atoms with Gasteiger partial charge in [-0.15, -0.1) is 0 Å². The number of H-pyrrole nitrogens is 1. The van der Waals surface area contributed by atoms with Gasteiger partial charge >= 0.3 is 0 Å². The standard InChI is InChI=1S/C24H25ClN4O/c1-15-4-3-5-20-17(13-28-24(15)20)6-8-27-22-12-21(25)23(10-16(22)2)29-18-7-9-26-19(11-18)14-30/h3-5,7,9-13,27-28,30H,6,8,14H2,1-2H3,(H,26,29). The molecule has 2 aromatic carbocycles. The molecule has 0 atom stereocenters. The maximum Gasteiger partial charge on any atom is 0.0853 e. The largest absolute Gasteiger partial charge is 0.390 e. The zero-order chi connectivity index (χ0) is 21.1. The minimum atomic E-state index is -0.0961. The number of nitrogens with one attached hydrogen (secondary N) is 3. The molecule has 0 saturated heterocycles. The molecule has 0 saturated carbocycles. The summed E-state index contributed by atoms with van der Waals surface area (Å²) in [6.45, 7) is 4.90. The highest BCUT2D eigenvalue weighted by atomic mass is 35.5. The van der Waals surface area contributed by atoms with Crippen LogP contribution in [0.25, 0.3) is 10.9 Å². The molecule has 2 heterocycles. The zero-order valence-corrected chi connectivity index (χ0v) is 17.8. The molecule has 5 nitrogen and oxygen atoms in total. The van der Waals surface area contributed by atoms with Gasteiger partial charge < -0.3 is 20.7 Å². The average molecular weight is 421 g/mol. The molecule has 4 N–H and O–H groups in total. The Morgan fingerprint density at radius 3 is 2.77 bits per heavy atom. The first kappa shape index (κ1) is 20.3. The number of pyridine rings is 1. The molecule has 0 aliphatic carbocycles. The number of nitrogens with zero attached hydrogens (tertiary/aromatic N) is 1. The minimum absolute atomic E-state index is 0.0961. The van der Waals surface area contributed by atoms with Gasteiger partial charge in [0.15, 0.2) is 0 Å². The van der Waals surface area contributed by atoms with Gasteiger partial charge in [0.05, 0.1) is 23.0 Å². The summed E-state index contributed by atoms with van der Waals surface area (Å²) in [5.41, 5.74) is 8.17. The number of aliphatic hydroxyl groups excluding tert-OH is 1. The highest BCUT2D eigenvalue weighted by Gasteiger charge is 2.09. The minimum Gasteiger partial charge on any atom is -0.390 e. The van der Waals surface area contributed by atoms with Crippen molar-refractivity contribution in [1.82, 2.24) is 9.97 Å². The molecule has 6 heteroatoms. The first-order valence-corrected chi connectivity index (χ1v) is 10.4. The van der Waals surface area contributed by atoms with E-state index in [1.165, 1.54) is 22.0 Å². The van der Waals surface area contributed by atoms with E-state index >= 15 is 0 Å². The normalized spacial score (nSPS) is 11.1. The number of halogens is 1. The Morgan fingerprint density at radius 2 is 1.93 bits per heavy atom. The van der Waals surface area contributed by atoms with Gasteiger partial charge in [0.2, 0.25) is 0 Å². The number of aromatic amines is 1. The van der Waals surface area contributed by atoms with Gasteiger partial charge in [-0.1, -0.05) is 29.8 Å². The van der Waals surface area contributed by atoms with E-state index in [0.717, 1.165) is 35.6 Å². The van der Waals surface area contributed by atoms with E-state index in [0.29, 0.717) is 10.7 Å². The van der Waals surface area contributed by atoms with Crippen molar-refractivity contribution in [3.05, 3.63) is 82.3 Å². The fourth-order valence-corrected chi connectivity index (χ4v) is 3.88. The van der Waals surface area contributed by atoms with Gasteiger partial charge in [0.25, 0.3) is 0 Å². The second kappa shape index (κ2) is 8.78. The van der Waals surface area contributed by atoms with Gasteiger partial charge in [-0.05, 0) is 61.2 Å². The van der Waals surface area contributed by atoms with Crippen LogP contribution in [-0.4, -0.2) is 21.6 Å². The van der Waals surface area contributed by atoms with Crippen molar-refractivity contribution in [2.24, 2.45) is 0 Å². The van der Waals surface area contributed by atoms with E-state index in [1.807, 2.05) is 18.2 Å². The molecule has 30 heavy (non-hydrogen) atoms. The van der Waals surface area contributed by atoms with E-state index in [4.69, 9.17) is 11.6 Å². The number of benzene rings is 2. The quantitative estimate of drug-likeness (QED) is 0.308. The number of fused-ring (bicyclic) bond motifs is 1. The predicted molar refractivity (Wildman–Crippen MR) is 125 cm³/mol. The van der Waals surface area contributed by atoms with Crippen molar-refractivity contribution < 1.29 is 5.11 Å². The summed E-state index contributed by atoms with van der Waals surface area (Å²) in [6, 6.07) is 14.0. The SMILES string of the molecule is Cc1cc(Nc2ccnc(CO)c2)c(Cl)cc1NCCc1c[nH]c2c(C)cccc12. The lowest BCUT2D eigenvalue weighted by Crippen LogP contribution is -2.06. The molecule has 4 aromatic rings. The van der Waals surface area contributed by atoms with Crippen LogP contribution in [0.3, 0.4) is 0 Å². The topological polar surface area (TPSA) is 73.0 Å². The fourth-order valence-electron chi connectivity index (χ4n) is 3.67. The lowest BCUT2D eigenvalue weighted by Gasteiger charge is -2.15. The monoisotopic (exact) mass is 420 g/mol. The van der Waals surface area contributed by atoms with Crippen LogP contribution in [0.2, 0.25) is 5.02 Å². The molecule has 2 aromatic heterocycles. The lowest BCUT2D eigenvalue weighted by molar-refractivity contribution is 0.277. The van der Waals surface area contributed by atoms with Crippen LogP contribution in [0.1, 0.15) is 22.4 Å². The summed E-state index contributed by atoms with van der Waals surface area (Å²) < 4.78 is 0. The number of rotatable bonds is 7. The van der Waals surface area contributed by atoms with E-state index in [2.05, 4.69) is 58.8 Å². The Kier molecular flexibility index (Phi) is 5.93. The van der Waals surface area contributed by atoms with Gasteiger partial charge in [-0.25, -0.2) is 0 Å².